The summed E-state index contributed by atoms with van der Waals surface area (Å²) in [4.78, 5) is 1.49. The Hall–Kier alpha value is -2.02. The Kier molecular flexibility index (Phi) is 2.73. The molecule has 72 valence electrons. The van der Waals surface area contributed by atoms with Crippen molar-refractivity contribution in [2.75, 3.05) is 11.9 Å². The normalized spacial score (nSPS) is 9.21. The maximum absolute atomic E-state index is 8.89. The third kappa shape index (κ3) is 1.67. The molecule has 0 unspecified atom stereocenters. The summed E-state index contributed by atoms with van der Waals surface area (Å²) in [5.74, 6) is -0.0733. The van der Waals surface area contributed by atoms with E-state index < -0.39 is 0 Å². The van der Waals surface area contributed by atoms with Gasteiger partial charge in [-0.25, -0.2) is 0 Å². The van der Waals surface area contributed by atoms with Crippen LogP contribution >= 0.6 is 0 Å². The van der Waals surface area contributed by atoms with Crippen LogP contribution in [-0.2, 0) is 0 Å². The number of nitrogens with one attached hydrogen (secondary N) is 1. The molecule has 0 amide bonds. The number of nitrogens with zero attached hydrogens (tertiary/aromatic N) is 2. The van der Waals surface area contributed by atoms with E-state index in [1.165, 1.54) is 4.90 Å². The number of nitriles is 1. The molecule has 0 saturated heterocycles. The zero-order valence-corrected chi connectivity index (χ0v) is 8.20. The number of anilines is 1. The molecule has 3 N–H and O–H groups in total. The van der Waals surface area contributed by atoms with Crippen LogP contribution in [0, 0.1) is 23.7 Å². The molecular formula is C10H12N4. The number of benzene rings is 1. The number of guanidine groups is 1. The molecule has 0 aromatic heterocycles. The van der Waals surface area contributed by atoms with Crippen molar-refractivity contribution in [3.63, 3.8) is 0 Å². The first-order chi connectivity index (χ1) is 6.57. The third-order valence-corrected chi connectivity index (χ3v) is 2.05. The SMILES string of the molecule is Cc1cccc(C#N)c1N(C)C(=N)N. The lowest BCUT2D eigenvalue weighted by molar-refractivity contribution is 1.17. The first-order valence-corrected chi connectivity index (χ1v) is 4.15. The Morgan fingerprint density at radius 2 is 2.21 bits per heavy atom. The van der Waals surface area contributed by atoms with Crippen LogP contribution in [0.2, 0.25) is 0 Å². The molecule has 0 heterocycles. The number of aryl methyl sites for hydroxylation is 1. The van der Waals surface area contributed by atoms with Crippen molar-refractivity contribution in [1.29, 1.82) is 10.7 Å². The summed E-state index contributed by atoms with van der Waals surface area (Å²) in [5, 5.41) is 16.2. The van der Waals surface area contributed by atoms with Gasteiger partial charge in [0, 0.05) is 7.05 Å². The Labute approximate surface area is 83.1 Å². The van der Waals surface area contributed by atoms with E-state index in [-0.39, 0.29) is 5.96 Å². The summed E-state index contributed by atoms with van der Waals surface area (Å²) in [6.07, 6.45) is 0. The van der Waals surface area contributed by atoms with Crippen LogP contribution in [0.4, 0.5) is 5.69 Å². The molecule has 0 aliphatic rings. The minimum absolute atomic E-state index is 0.0733. The average Bonchev–Trinajstić information content (AvgIpc) is 2.16. The van der Waals surface area contributed by atoms with E-state index in [4.69, 9.17) is 16.4 Å². The topological polar surface area (TPSA) is 76.9 Å². The molecule has 0 bridgehead atoms. The number of para-hydroxylation sites is 1. The Morgan fingerprint density at radius 3 is 2.71 bits per heavy atom. The minimum atomic E-state index is -0.0733. The predicted octanol–water partition coefficient (Wildman–Crippen LogP) is 1.20. The van der Waals surface area contributed by atoms with E-state index in [0.29, 0.717) is 11.3 Å². The van der Waals surface area contributed by atoms with Crippen LogP contribution in [0.5, 0.6) is 0 Å². The zero-order chi connectivity index (χ0) is 10.7. The fourth-order valence-corrected chi connectivity index (χ4v) is 1.31. The van der Waals surface area contributed by atoms with Gasteiger partial charge in [0.25, 0.3) is 0 Å². The average molecular weight is 188 g/mol. The second-order valence-corrected chi connectivity index (χ2v) is 3.03. The number of hydrogen-bond donors (Lipinski definition) is 2. The Morgan fingerprint density at radius 1 is 1.57 bits per heavy atom. The van der Waals surface area contributed by atoms with Crippen molar-refractivity contribution in [3.8, 4) is 6.07 Å². The molecule has 0 spiro atoms. The van der Waals surface area contributed by atoms with Crippen LogP contribution in [0.1, 0.15) is 11.1 Å². The summed E-state index contributed by atoms with van der Waals surface area (Å²) < 4.78 is 0. The molecule has 0 fully saturated rings. The molecule has 4 heteroatoms. The van der Waals surface area contributed by atoms with Gasteiger partial charge in [0.15, 0.2) is 5.96 Å². The lowest BCUT2D eigenvalue weighted by Gasteiger charge is -2.20. The number of hydrogen-bond acceptors (Lipinski definition) is 2. The van der Waals surface area contributed by atoms with E-state index in [0.717, 1.165) is 5.56 Å². The van der Waals surface area contributed by atoms with E-state index >= 15 is 0 Å². The molecule has 0 saturated carbocycles. The molecule has 0 radical (unpaired) electrons. The van der Waals surface area contributed by atoms with Gasteiger partial charge in [-0.3, -0.25) is 5.41 Å². The van der Waals surface area contributed by atoms with Gasteiger partial charge in [0.1, 0.15) is 6.07 Å². The molecule has 1 aromatic carbocycles. The first-order valence-electron chi connectivity index (χ1n) is 4.15. The lowest BCUT2D eigenvalue weighted by Crippen LogP contribution is -2.33. The van der Waals surface area contributed by atoms with Gasteiger partial charge in [-0.1, -0.05) is 12.1 Å². The zero-order valence-electron chi connectivity index (χ0n) is 8.20. The summed E-state index contributed by atoms with van der Waals surface area (Å²) in [5.41, 5.74) is 7.52. The van der Waals surface area contributed by atoms with Crippen molar-refractivity contribution in [3.05, 3.63) is 29.3 Å². The van der Waals surface area contributed by atoms with Crippen LogP contribution in [0.25, 0.3) is 0 Å². The monoisotopic (exact) mass is 188 g/mol. The van der Waals surface area contributed by atoms with E-state index in [9.17, 15) is 0 Å². The Bertz CT molecular complexity index is 403. The highest BCUT2D eigenvalue weighted by atomic mass is 15.2. The number of nitrogens with two attached hydrogens (primary N) is 1. The Balaban J connectivity index is 3.32. The number of rotatable bonds is 1. The van der Waals surface area contributed by atoms with Crippen molar-refractivity contribution in [2.45, 2.75) is 6.92 Å². The molecule has 4 nitrogen and oxygen atoms in total. The summed E-state index contributed by atoms with van der Waals surface area (Å²) >= 11 is 0. The van der Waals surface area contributed by atoms with Gasteiger partial charge in [-0.2, -0.15) is 5.26 Å². The van der Waals surface area contributed by atoms with E-state index in [1.54, 1.807) is 13.1 Å². The smallest absolute Gasteiger partial charge is 0.192 e. The molecule has 1 aromatic rings. The van der Waals surface area contributed by atoms with Gasteiger partial charge < -0.3 is 10.6 Å². The van der Waals surface area contributed by atoms with Gasteiger partial charge in [-0.15, -0.1) is 0 Å². The molecule has 0 aliphatic carbocycles. The largest absolute Gasteiger partial charge is 0.370 e. The summed E-state index contributed by atoms with van der Waals surface area (Å²) in [6.45, 7) is 1.88. The van der Waals surface area contributed by atoms with Gasteiger partial charge in [0.2, 0.25) is 0 Å². The summed E-state index contributed by atoms with van der Waals surface area (Å²) in [6, 6.07) is 7.48. The van der Waals surface area contributed by atoms with Crippen LogP contribution in [0.15, 0.2) is 18.2 Å². The van der Waals surface area contributed by atoms with Crippen LogP contribution < -0.4 is 10.6 Å². The standard InChI is InChI=1S/C10H12N4/c1-7-4-3-5-8(6-11)9(7)14(2)10(12)13/h3-5H,1-2H3,(H3,12,13). The van der Waals surface area contributed by atoms with Gasteiger partial charge in [-0.05, 0) is 18.6 Å². The fraction of sp³-hybridized carbons (Fsp3) is 0.200. The van der Waals surface area contributed by atoms with Crippen molar-refractivity contribution in [1.82, 2.24) is 0 Å². The van der Waals surface area contributed by atoms with Crippen molar-refractivity contribution in [2.24, 2.45) is 5.73 Å². The van der Waals surface area contributed by atoms with Gasteiger partial charge in [0.05, 0.1) is 11.3 Å². The fourth-order valence-electron chi connectivity index (χ4n) is 1.31. The van der Waals surface area contributed by atoms with Gasteiger partial charge >= 0.3 is 0 Å². The maximum Gasteiger partial charge on any atom is 0.192 e. The highest BCUT2D eigenvalue weighted by Crippen LogP contribution is 2.22. The van der Waals surface area contributed by atoms with E-state index in [2.05, 4.69) is 6.07 Å². The third-order valence-electron chi connectivity index (χ3n) is 2.05. The molecular weight excluding hydrogens is 176 g/mol. The van der Waals surface area contributed by atoms with E-state index in [1.807, 2.05) is 19.1 Å². The predicted molar refractivity (Wildman–Crippen MR) is 56.2 cm³/mol. The minimum Gasteiger partial charge on any atom is -0.370 e. The maximum atomic E-state index is 8.89. The molecule has 0 aliphatic heterocycles. The highest BCUT2D eigenvalue weighted by molar-refractivity contribution is 5.94. The highest BCUT2D eigenvalue weighted by Gasteiger charge is 2.11. The quantitative estimate of drug-likeness (QED) is 0.513. The molecule has 1 rings (SSSR count). The molecule has 0 atom stereocenters. The van der Waals surface area contributed by atoms with Crippen LogP contribution in [0.3, 0.4) is 0 Å². The summed E-state index contributed by atoms with van der Waals surface area (Å²) in [7, 11) is 1.67. The lowest BCUT2D eigenvalue weighted by atomic mass is 10.1. The second-order valence-electron chi connectivity index (χ2n) is 3.03. The van der Waals surface area contributed by atoms with Crippen molar-refractivity contribution < 1.29 is 0 Å². The first kappa shape index (κ1) is 10.1. The van der Waals surface area contributed by atoms with Crippen LogP contribution in [-0.4, -0.2) is 13.0 Å². The molecule has 14 heavy (non-hydrogen) atoms. The second kappa shape index (κ2) is 3.79. The van der Waals surface area contributed by atoms with Crippen molar-refractivity contribution >= 4 is 11.6 Å².